The molecule has 0 bridgehead atoms. The molecule has 5 rings (SSSR count). The van der Waals surface area contributed by atoms with E-state index in [1.807, 2.05) is 48.5 Å². The van der Waals surface area contributed by atoms with Gasteiger partial charge in [-0.25, -0.2) is 4.98 Å². The van der Waals surface area contributed by atoms with Gasteiger partial charge in [-0.15, -0.1) is 0 Å². The Kier molecular flexibility index (Phi) is 7.82. The fourth-order valence-electron chi connectivity index (χ4n) is 4.67. The predicted octanol–water partition coefficient (Wildman–Crippen LogP) is 8.07. The molecule has 3 N–H and O–H groups in total. The summed E-state index contributed by atoms with van der Waals surface area (Å²) in [6.45, 7) is 2.25. The Balaban J connectivity index is 1.20. The first kappa shape index (κ1) is 26.0. The SMILES string of the molecule is CC1CCC(C(=O)Nc2ccc(-c3cnc(-c4ccc(NC(=O)c5ccc(Cl)c(Cl)c5)cc4)[nH]3)cc2)CC1. The van der Waals surface area contributed by atoms with Gasteiger partial charge in [0.15, 0.2) is 0 Å². The number of hydrogen-bond acceptors (Lipinski definition) is 3. The van der Waals surface area contributed by atoms with Gasteiger partial charge in [0.05, 0.1) is 21.9 Å². The van der Waals surface area contributed by atoms with Crippen LogP contribution in [0.15, 0.2) is 72.9 Å². The van der Waals surface area contributed by atoms with Crippen LogP contribution in [0, 0.1) is 11.8 Å². The van der Waals surface area contributed by atoms with Gasteiger partial charge in [-0.3, -0.25) is 9.59 Å². The first-order chi connectivity index (χ1) is 18.4. The molecule has 0 saturated heterocycles. The van der Waals surface area contributed by atoms with Gasteiger partial charge in [-0.1, -0.05) is 42.3 Å². The van der Waals surface area contributed by atoms with Crippen LogP contribution >= 0.6 is 23.2 Å². The van der Waals surface area contributed by atoms with Crippen LogP contribution in [0.2, 0.25) is 10.0 Å². The van der Waals surface area contributed by atoms with Crippen LogP contribution in [-0.4, -0.2) is 21.8 Å². The second-order valence-corrected chi connectivity index (χ2v) is 10.6. The number of aromatic amines is 1. The van der Waals surface area contributed by atoms with Crippen molar-refractivity contribution in [2.75, 3.05) is 10.6 Å². The smallest absolute Gasteiger partial charge is 0.255 e. The lowest BCUT2D eigenvalue weighted by atomic mass is 9.82. The number of nitrogens with one attached hydrogen (secondary N) is 3. The maximum atomic E-state index is 12.6. The number of imidazole rings is 1. The summed E-state index contributed by atoms with van der Waals surface area (Å²) in [6, 6.07) is 19.9. The van der Waals surface area contributed by atoms with Crippen molar-refractivity contribution in [3.8, 4) is 22.6 Å². The number of anilines is 2. The zero-order chi connectivity index (χ0) is 26.6. The lowest BCUT2D eigenvalue weighted by Gasteiger charge is -2.25. The molecule has 1 aliphatic rings. The molecule has 1 aliphatic carbocycles. The lowest BCUT2D eigenvalue weighted by Crippen LogP contribution is -2.26. The number of carbonyl (C=O) groups excluding carboxylic acids is 2. The third-order valence-electron chi connectivity index (χ3n) is 7.02. The zero-order valence-electron chi connectivity index (χ0n) is 20.9. The minimum Gasteiger partial charge on any atom is -0.338 e. The van der Waals surface area contributed by atoms with Crippen LogP contribution in [0.3, 0.4) is 0 Å². The van der Waals surface area contributed by atoms with Gasteiger partial charge in [-0.2, -0.15) is 0 Å². The van der Waals surface area contributed by atoms with E-state index in [0.29, 0.717) is 27.1 Å². The van der Waals surface area contributed by atoms with Crippen LogP contribution < -0.4 is 10.6 Å². The number of aromatic nitrogens is 2. The third kappa shape index (κ3) is 6.09. The van der Waals surface area contributed by atoms with Gasteiger partial charge >= 0.3 is 0 Å². The fraction of sp³-hybridized carbons (Fsp3) is 0.233. The van der Waals surface area contributed by atoms with E-state index in [2.05, 4.69) is 27.5 Å². The molecule has 38 heavy (non-hydrogen) atoms. The molecule has 4 aromatic rings. The molecule has 0 spiro atoms. The molecule has 0 aliphatic heterocycles. The molecule has 8 heteroatoms. The Morgan fingerprint density at radius 1 is 0.816 bits per heavy atom. The van der Waals surface area contributed by atoms with Crippen molar-refractivity contribution in [1.82, 2.24) is 9.97 Å². The highest BCUT2D eigenvalue weighted by molar-refractivity contribution is 6.42. The molecule has 1 heterocycles. The van der Waals surface area contributed by atoms with Crippen molar-refractivity contribution >= 4 is 46.4 Å². The highest BCUT2D eigenvalue weighted by Crippen LogP contribution is 2.30. The number of amides is 2. The van der Waals surface area contributed by atoms with E-state index in [9.17, 15) is 9.59 Å². The number of benzene rings is 3. The molecular weight excluding hydrogens is 519 g/mol. The van der Waals surface area contributed by atoms with Gasteiger partial charge in [0.2, 0.25) is 5.91 Å². The zero-order valence-corrected chi connectivity index (χ0v) is 22.4. The van der Waals surface area contributed by atoms with Crippen molar-refractivity contribution in [3.05, 3.63) is 88.5 Å². The van der Waals surface area contributed by atoms with Gasteiger partial charge in [0.1, 0.15) is 5.82 Å². The molecule has 0 atom stereocenters. The molecule has 1 saturated carbocycles. The molecular formula is C30H28Cl2N4O2. The second kappa shape index (κ2) is 11.4. The highest BCUT2D eigenvalue weighted by Gasteiger charge is 2.24. The number of carbonyl (C=O) groups is 2. The summed E-state index contributed by atoms with van der Waals surface area (Å²) in [5.41, 5.74) is 4.60. The Hall–Kier alpha value is -3.61. The number of hydrogen-bond donors (Lipinski definition) is 3. The number of rotatable bonds is 6. The maximum absolute atomic E-state index is 12.6. The Morgan fingerprint density at radius 2 is 1.45 bits per heavy atom. The quantitative estimate of drug-likeness (QED) is 0.228. The van der Waals surface area contributed by atoms with Crippen LogP contribution in [-0.2, 0) is 4.79 Å². The van der Waals surface area contributed by atoms with Crippen LogP contribution in [0.5, 0.6) is 0 Å². The van der Waals surface area contributed by atoms with E-state index >= 15 is 0 Å². The molecule has 0 unspecified atom stereocenters. The van der Waals surface area contributed by atoms with Gasteiger partial charge in [0.25, 0.3) is 5.91 Å². The summed E-state index contributed by atoms with van der Waals surface area (Å²) in [7, 11) is 0. The molecule has 1 fully saturated rings. The minimum atomic E-state index is -0.274. The number of H-pyrrole nitrogens is 1. The van der Waals surface area contributed by atoms with Crippen molar-refractivity contribution in [2.45, 2.75) is 32.6 Å². The summed E-state index contributed by atoms with van der Waals surface area (Å²) in [4.78, 5) is 33.0. The van der Waals surface area contributed by atoms with Gasteiger partial charge in [-0.05, 0) is 91.8 Å². The lowest BCUT2D eigenvalue weighted by molar-refractivity contribution is -0.121. The summed E-state index contributed by atoms with van der Waals surface area (Å²) in [6.07, 6.45) is 5.95. The summed E-state index contributed by atoms with van der Waals surface area (Å²) >= 11 is 11.9. The first-order valence-corrected chi connectivity index (χ1v) is 13.4. The maximum Gasteiger partial charge on any atom is 0.255 e. The largest absolute Gasteiger partial charge is 0.338 e. The molecule has 1 aromatic heterocycles. The van der Waals surface area contributed by atoms with Crippen molar-refractivity contribution < 1.29 is 9.59 Å². The summed E-state index contributed by atoms with van der Waals surface area (Å²) in [5.74, 6) is 1.38. The molecule has 2 amide bonds. The molecule has 0 radical (unpaired) electrons. The fourth-order valence-corrected chi connectivity index (χ4v) is 4.96. The van der Waals surface area contributed by atoms with E-state index in [1.165, 1.54) is 6.07 Å². The van der Waals surface area contributed by atoms with Crippen molar-refractivity contribution in [2.24, 2.45) is 11.8 Å². The van der Waals surface area contributed by atoms with Crippen LogP contribution in [0.4, 0.5) is 11.4 Å². The van der Waals surface area contributed by atoms with Gasteiger partial charge < -0.3 is 15.6 Å². The van der Waals surface area contributed by atoms with Crippen molar-refractivity contribution in [3.63, 3.8) is 0 Å². The first-order valence-electron chi connectivity index (χ1n) is 12.7. The minimum absolute atomic E-state index is 0.108. The molecule has 194 valence electrons. The van der Waals surface area contributed by atoms with E-state index in [1.54, 1.807) is 18.3 Å². The van der Waals surface area contributed by atoms with E-state index in [4.69, 9.17) is 23.2 Å². The normalized spacial score (nSPS) is 17.1. The van der Waals surface area contributed by atoms with E-state index < -0.39 is 0 Å². The standard InChI is InChI=1S/C30H28Cl2N4O2/c1-18-2-4-21(5-3-18)29(37)34-23-11-6-19(7-12-23)27-17-33-28(36-27)20-8-13-24(14-9-20)35-30(38)22-10-15-25(31)26(32)16-22/h6-18,21H,2-5H2,1H3,(H,33,36)(H,34,37)(H,35,38). The van der Waals surface area contributed by atoms with E-state index in [-0.39, 0.29) is 17.7 Å². The number of nitrogens with zero attached hydrogens (tertiary/aromatic N) is 1. The summed E-state index contributed by atoms with van der Waals surface area (Å²) in [5, 5.41) is 6.65. The van der Waals surface area contributed by atoms with Crippen LogP contribution in [0.25, 0.3) is 22.6 Å². The Labute approximate surface area is 231 Å². The van der Waals surface area contributed by atoms with Crippen LogP contribution in [0.1, 0.15) is 43.0 Å². The Morgan fingerprint density at radius 3 is 2.11 bits per heavy atom. The molecule has 3 aromatic carbocycles. The van der Waals surface area contributed by atoms with Gasteiger partial charge in [0, 0.05) is 28.4 Å². The molecule has 6 nitrogen and oxygen atoms in total. The monoisotopic (exact) mass is 546 g/mol. The van der Waals surface area contributed by atoms with E-state index in [0.717, 1.165) is 54.1 Å². The average Bonchev–Trinajstić information content (AvgIpc) is 3.42. The highest BCUT2D eigenvalue weighted by atomic mass is 35.5. The predicted molar refractivity (Wildman–Crippen MR) is 154 cm³/mol. The topological polar surface area (TPSA) is 86.9 Å². The van der Waals surface area contributed by atoms with Crippen molar-refractivity contribution in [1.29, 1.82) is 0 Å². The Bertz CT molecular complexity index is 1440. The average molecular weight is 547 g/mol. The second-order valence-electron chi connectivity index (χ2n) is 9.83. The number of halogens is 2. The summed E-state index contributed by atoms with van der Waals surface area (Å²) < 4.78 is 0. The third-order valence-corrected chi connectivity index (χ3v) is 7.76.